The van der Waals surface area contributed by atoms with Crippen molar-refractivity contribution in [3.63, 3.8) is 0 Å². The summed E-state index contributed by atoms with van der Waals surface area (Å²) in [6, 6.07) is 10.1. The lowest BCUT2D eigenvalue weighted by Gasteiger charge is -2.46. The molecule has 1 amide bonds. The minimum Gasteiger partial charge on any atom is -0.444 e. The molecule has 0 aliphatic carbocycles. The molecule has 134 valence electrons. The van der Waals surface area contributed by atoms with Crippen LogP contribution in [0, 0.1) is 0 Å². The van der Waals surface area contributed by atoms with Crippen LogP contribution in [0.2, 0.25) is 0 Å². The van der Waals surface area contributed by atoms with Gasteiger partial charge in [-0.25, -0.2) is 4.79 Å². The number of amides is 1. The van der Waals surface area contributed by atoms with E-state index in [9.17, 15) is 9.90 Å². The van der Waals surface area contributed by atoms with Gasteiger partial charge in [0, 0.05) is 26.2 Å². The van der Waals surface area contributed by atoms with E-state index < -0.39 is 11.2 Å². The number of hydrogen-bond acceptors (Lipinski definition) is 4. The number of ether oxygens (including phenoxy) is 1. The Balaban J connectivity index is 2.09. The van der Waals surface area contributed by atoms with Crippen LogP contribution in [0.4, 0.5) is 4.79 Å². The number of aliphatic hydroxyl groups is 1. The first-order valence-corrected chi connectivity index (χ1v) is 8.54. The first kappa shape index (κ1) is 18.7. The van der Waals surface area contributed by atoms with E-state index in [0.29, 0.717) is 19.6 Å². The first-order valence-electron chi connectivity index (χ1n) is 8.54. The van der Waals surface area contributed by atoms with Gasteiger partial charge in [-0.15, -0.1) is 0 Å². The van der Waals surface area contributed by atoms with Gasteiger partial charge >= 0.3 is 6.09 Å². The van der Waals surface area contributed by atoms with Crippen LogP contribution >= 0.6 is 0 Å². The maximum Gasteiger partial charge on any atom is 0.410 e. The zero-order valence-electron chi connectivity index (χ0n) is 15.5. The highest BCUT2D eigenvalue weighted by Crippen LogP contribution is 2.24. The molecule has 2 rings (SSSR count). The summed E-state index contributed by atoms with van der Waals surface area (Å²) in [5.41, 5.74) is -0.213. The van der Waals surface area contributed by atoms with Crippen LogP contribution < -0.4 is 0 Å². The van der Waals surface area contributed by atoms with Crippen molar-refractivity contribution in [2.75, 3.05) is 19.6 Å². The van der Waals surface area contributed by atoms with E-state index >= 15 is 0 Å². The van der Waals surface area contributed by atoms with Gasteiger partial charge in [-0.1, -0.05) is 30.3 Å². The van der Waals surface area contributed by atoms with Crippen molar-refractivity contribution in [1.82, 2.24) is 9.80 Å². The standard InChI is InChI=1S/C19H30N2O3/c1-18(2,3)24-17(22)21-12-11-20(16(14-21)19(4,5)23)13-15-9-7-6-8-10-15/h6-10,16,23H,11-14H2,1-5H3. The monoisotopic (exact) mass is 334 g/mol. The van der Waals surface area contributed by atoms with Gasteiger partial charge in [0.25, 0.3) is 0 Å². The van der Waals surface area contributed by atoms with Crippen LogP contribution in [0.3, 0.4) is 0 Å². The summed E-state index contributed by atoms with van der Waals surface area (Å²) in [4.78, 5) is 16.3. The quantitative estimate of drug-likeness (QED) is 0.923. The predicted molar refractivity (Wildman–Crippen MR) is 94.7 cm³/mol. The molecule has 5 heteroatoms. The van der Waals surface area contributed by atoms with Crippen molar-refractivity contribution in [2.24, 2.45) is 0 Å². The molecule has 1 atom stereocenters. The minimum absolute atomic E-state index is 0.140. The molecule has 0 saturated carbocycles. The van der Waals surface area contributed by atoms with E-state index in [1.165, 1.54) is 5.56 Å². The van der Waals surface area contributed by atoms with E-state index in [4.69, 9.17) is 4.74 Å². The van der Waals surface area contributed by atoms with Gasteiger partial charge < -0.3 is 14.7 Å². The highest BCUT2D eigenvalue weighted by Gasteiger charge is 2.39. The summed E-state index contributed by atoms with van der Waals surface area (Å²) in [5, 5.41) is 10.6. The first-order chi connectivity index (χ1) is 11.1. The molecule has 0 radical (unpaired) electrons. The Kier molecular flexibility index (Phi) is 5.56. The van der Waals surface area contributed by atoms with Gasteiger partial charge in [-0.2, -0.15) is 0 Å². The largest absolute Gasteiger partial charge is 0.444 e. The van der Waals surface area contributed by atoms with Crippen molar-refractivity contribution < 1.29 is 14.6 Å². The lowest BCUT2D eigenvalue weighted by Crippen LogP contribution is -2.61. The predicted octanol–water partition coefficient (Wildman–Crippen LogP) is 2.88. The van der Waals surface area contributed by atoms with E-state index in [-0.39, 0.29) is 12.1 Å². The molecule has 1 aliphatic heterocycles. The molecule has 1 saturated heterocycles. The second-order valence-corrected chi connectivity index (χ2v) is 8.05. The van der Waals surface area contributed by atoms with Gasteiger partial charge in [0.1, 0.15) is 5.60 Å². The molecule has 1 heterocycles. The number of nitrogens with zero attached hydrogens (tertiary/aromatic N) is 2. The SMILES string of the molecule is CC(C)(C)OC(=O)N1CCN(Cc2ccccc2)C(C(C)(C)O)C1. The zero-order chi connectivity index (χ0) is 18.0. The van der Waals surface area contributed by atoms with Crippen molar-refractivity contribution in [2.45, 2.75) is 58.4 Å². The third-order valence-electron chi connectivity index (χ3n) is 4.19. The smallest absolute Gasteiger partial charge is 0.410 e. The summed E-state index contributed by atoms with van der Waals surface area (Å²) in [6.07, 6.45) is -0.309. The highest BCUT2D eigenvalue weighted by molar-refractivity contribution is 5.68. The number of carbonyl (C=O) groups excluding carboxylic acids is 1. The lowest BCUT2D eigenvalue weighted by atomic mass is 9.94. The number of piperazine rings is 1. The third-order valence-corrected chi connectivity index (χ3v) is 4.19. The Morgan fingerprint density at radius 2 is 1.79 bits per heavy atom. The molecule has 1 aliphatic rings. The molecule has 5 nitrogen and oxygen atoms in total. The third kappa shape index (κ3) is 5.21. The summed E-state index contributed by atoms with van der Waals surface area (Å²) in [6.45, 7) is 11.7. The van der Waals surface area contributed by atoms with E-state index in [2.05, 4.69) is 17.0 Å². The summed E-state index contributed by atoms with van der Waals surface area (Å²) >= 11 is 0. The van der Waals surface area contributed by atoms with Crippen molar-refractivity contribution in [1.29, 1.82) is 0 Å². The van der Waals surface area contributed by atoms with Crippen LogP contribution in [0.1, 0.15) is 40.2 Å². The topological polar surface area (TPSA) is 53.0 Å². The Morgan fingerprint density at radius 1 is 1.17 bits per heavy atom. The van der Waals surface area contributed by atoms with Crippen LogP contribution in [-0.4, -0.2) is 57.9 Å². The molecule has 1 aromatic carbocycles. The molecule has 24 heavy (non-hydrogen) atoms. The molecule has 1 aromatic rings. The molecular weight excluding hydrogens is 304 g/mol. The maximum atomic E-state index is 12.4. The zero-order valence-corrected chi connectivity index (χ0v) is 15.5. The van der Waals surface area contributed by atoms with E-state index in [0.717, 1.165) is 6.54 Å². The minimum atomic E-state index is -0.907. The molecule has 1 unspecified atom stereocenters. The Labute approximate surface area is 145 Å². The number of carbonyl (C=O) groups is 1. The molecule has 1 N–H and O–H groups in total. The number of rotatable bonds is 3. The van der Waals surface area contributed by atoms with Crippen LogP contribution in [-0.2, 0) is 11.3 Å². The fourth-order valence-corrected chi connectivity index (χ4v) is 2.99. The average Bonchev–Trinajstić information content (AvgIpc) is 2.45. The van der Waals surface area contributed by atoms with E-state index in [1.807, 2.05) is 39.0 Å². The van der Waals surface area contributed by atoms with E-state index in [1.54, 1.807) is 18.7 Å². The molecule has 0 bridgehead atoms. The average molecular weight is 334 g/mol. The fourth-order valence-electron chi connectivity index (χ4n) is 2.99. The molecule has 1 fully saturated rings. The van der Waals surface area contributed by atoms with Gasteiger partial charge in [-0.05, 0) is 40.2 Å². The maximum absolute atomic E-state index is 12.4. The Morgan fingerprint density at radius 3 is 2.33 bits per heavy atom. The van der Waals surface area contributed by atoms with Crippen LogP contribution in [0.25, 0.3) is 0 Å². The van der Waals surface area contributed by atoms with Crippen molar-refractivity contribution >= 4 is 6.09 Å². The van der Waals surface area contributed by atoms with Gasteiger partial charge in [0.15, 0.2) is 0 Å². The summed E-state index contributed by atoms with van der Waals surface area (Å²) < 4.78 is 5.48. The lowest BCUT2D eigenvalue weighted by molar-refractivity contribution is -0.0638. The molecular formula is C19H30N2O3. The number of benzene rings is 1. The van der Waals surface area contributed by atoms with Crippen LogP contribution in [0.5, 0.6) is 0 Å². The normalized spacial score (nSPS) is 20.1. The van der Waals surface area contributed by atoms with Crippen molar-refractivity contribution in [3.8, 4) is 0 Å². The molecule has 0 spiro atoms. The Bertz CT molecular complexity index is 546. The fraction of sp³-hybridized carbons (Fsp3) is 0.632. The molecule has 0 aromatic heterocycles. The van der Waals surface area contributed by atoms with Crippen molar-refractivity contribution in [3.05, 3.63) is 35.9 Å². The van der Waals surface area contributed by atoms with Crippen LogP contribution in [0.15, 0.2) is 30.3 Å². The second kappa shape index (κ2) is 7.11. The number of hydrogen-bond donors (Lipinski definition) is 1. The van der Waals surface area contributed by atoms with Gasteiger partial charge in [0.2, 0.25) is 0 Å². The summed E-state index contributed by atoms with van der Waals surface area (Å²) in [5.74, 6) is 0. The second-order valence-electron chi connectivity index (χ2n) is 8.05. The van der Waals surface area contributed by atoms with Gasteiger partial charge in [-0.3, -0.25) is 4.90 Å². The highest BCUT2D eigenvalue weighted by atomic mass is 16.6. The Hall–Kier alpha value is -1.59. The summed E-state index contributed by atoms with van der Waals surface area (Å²) in [7, 11) is 0. The van der Waals surface area contributed by atoms with Gasteiger partial charge in [0.05, 0.1) is 11.6 Å².